The van der Waals surface area contributed by atoms with Gasteiger partial charge in [0, 0.05) is 43.3 Å². The van der Waals surface area contributed by atoms with Gasteiger partial charge in [-0.1, -0.05) is 18.2 Å². The van der Waals surface area contributed by atoms with Crippen molar-refractivity contribution >= 4 is 41.7 Å². The quantitative estimate of drug-likeness (QED) is 0.312. The molecule has 124 valence electrons. The molecule has 4 nitrogen and oxygen atoms in total. The van der Waals surface area contributed by atoms with Crippen molar-refractivity contribution in [2.45, 2.75) is 17.9 Å². The zero-order valence-corrected chi connectivity index (χ0v) is 16.6. The molecule has 0 radical (unpaired) electrons. The fraction of sp³-hybridized carbons (Fsp3) is 0.294. The van der Waals surface area contributed by atoms with E-state index in [0.29, 0.717) is 0 Å². The lowest BCUT2D eigenvalue weighted by molar-refractivity contribution is 0.784. The second-order valence-corrected chi connectivity index (χ2v) is 5.65. The fourth-order valence-electron chi connectivity index (χ4n) is 2.00. The molecule has 2 N–H and O–H groups in total. The molecule has 0 aliphatic heterocycles. The second-order valence-electron chi connectivity index (χ2n) is 4.77. The molecule has 0 atom stereocenters. The zero-order valence-electron chi connectivity index (χ0n) is 13.5. The van der Waals surface area contributed by atoms with Gasteiger partial charge in [-0.25, -0.2) is 0 Å². The average molecular weight is 442 g/mol. The van der Waals surface area contributed by atoms with E-state index < -0.39 is 0 Å². The highest BCUT2D eigenvalue weighted by Gasteiger charge is 1.99. The summed E-state index contributed by atoms with van der Waals surface area (Å²) in [5.41, 5.74) is 2.32. The van der Waals surface area contributed by atoms with Gasteiger partial charge in [0.15, 0.2) is 5.96 Å². The summed E-state index contributed by atoms with van der Waals surface area (Å²) >= 11 is 1.75. The Hall–Kier alpha value is -1.28. The van der Waals surface area contributed by atoms with Crippen molar-refractivity contribution in [2.75, 3.05) is 19.8 Å². The number of nitrogens with one attached hydrogen (secondary N) is 2. The zero-order chi connectivity index (χ0) is 15.6. The topological polar surface area (TPSA) is 49.3 Å². The van der Waals surface area contributed by atoms with Crippen LogP contribution in [0.2, 0.25) is 0 Å². The fourth-order valence-corrected chi connectivity index (χ4v) is 2.41. The van der Waals surface area contributed by atoms with Gasteiger partial charge in [-0.2, -0.15) is 0 Å². The highest BCUT2D eigenvalue weighted by atomic mass is 127. The van der Waals surface area contributed by atoms with E-state index in [2.05, 4.69) is 51.1 Å². The van der Waals surface area contributed by atoms with Crippen LogP contribution in [0.3, 0.4) is 0 Å². The number of guanidine groups is 1. The standard InChI is InChI=1S/C17H22N4S.HI/c1-18-17(20-12-10-15-5-3-4-11-19-15)21-13-14-6-8-16(22-2)9-7-14;/h3-9,11H,10,12-13H2,1-2H3,(H2,18,20,21);1H. The first-order valence-corrected chi connectivity index (χ1v) is 8.51. The van der Waals surface area contributed by atoms with Crippen LogP contribution in [0.5, 0.6) is 0 Å². The predicted octanol–water partition coefficient (Wildman–Crippen LogP) is 3.33. The van der Waals surface area contributed by atoms with Crippen molar-refractivity contribution in [1.29, 1.82) is 0 Å². The number of thioether (sulfide) groups is 1. The van der Waals surface area contributed by atoms with Crippen molar-refractivity contribution < 1.29 is 0 Å². The van der Waals surface area contributed by atoms with Crippen LogP contribution in [0.25, 0.3) is 0 Å². The maximum absolute atomic E-state index is 4.31. The number of halogens is 1. The first-order chi connectivity index (χ1) is 10.8. The van der Waals surface area contributed by atoms with Gasteiger partial charge in [0.1, 0.15) is 0 Å². The Morgan fingerprint density at radius 2 is 1.91 bits per heavy atom. The minimum atomic E-state index is 0. The maximum Gasteiger partial charge on any atom is 0.191 e. The Morgan fingerprint density at radius 3 is 2.52 bits per heavy atom. The van der Waals surface area contributed by atoms with Crippen LogP contribution in [-0.2, 0) is 13.0 Å². The third-order valence-corrected chi connectivity index (χ3v) is 3.99. The molecule has 1 aromatic carbocycles. The van der Waals surface area contributed by atoms with Gasteiger partial charge in [0.25, 0.3) is 0 Å². The molecular weight excluding hydrogens is 419 g/mol. The summed E-state index contributed by atoms with van der Waals surface area (Å²) in [6.45, 7) is 1.57. The van der Waals surface area contributed by atoms with Gasteiger partial charge in [-0.15, -0.1) is 35.7 Å². The van der Waals surface area contributed by atoms with Gasteiger partial charge in [0.2, 0.25) is 0 Å². The Balaban J connectivity index is 0.00000264. The van der Waals surface area contributed by atoms with E-state index in [4.69, 9.17) is 0 Å². The number of rotatable bonds is 6. The third-order valence-electron chi connectivity index (χ3n) is 3.24. The molecule has 0 unspecified atom stereocenters. The summed E-state index contributed by atoms with van der Waals surface area (Å²) in [7, 11) is 1.78. The minimum absolute atomic E-state index is 0. The normalized spacial score (nSPS) is 10.8. The molecule has 0 bridgehead atoms. The average Bonchev–Trinajstić information content (AvgIpc) is 2.59. The highest BCUT2D eigenvalue weighted by Crippen LogP contribution is 2.14. The molecule has 6 heteroatoms. The first-order valence-electron chi connectivity index (χ1n) is 7.29. The predicted molar refractivity (Wildman–Crippen MR) is 110 cm³/mol. The molecule has 0 aliphatic carbocycles. The van der Waals surface area contributed by atoms with Crippen molar-refractivity contribution in [1.82, 2.24) is 15.6 Å². The monoisotopic (exact) mass is 442 g/mol. The van der Waals surface area contributed by atoms with Crippen molar-refractivity contribution in [3.05, 3.63) is 59.9 Å². The number of hydrogen-bond acceptors (Lipinski definition) is 3. The Bertz CT molecular complexity index is 587. The third kappa shape index (κ3) is 7.22. The van der Waals surface area contributed by atoms with Crippen molar-refractivity contribution in [2.24, 2.45) is 4.99 Å². The summed E-state index contributed by atoms with van der Waals surface area (Å²) < 4.78 is 0. The highest BCUT2D eigenvalue weighted by molar-refractivity contribution is 14.0. The Labute approximate surface area is 159 Å². The van der Waals surface area contributed by atoms with E-state index in [-0.39, 0.29) is 24.0 Å². The van der Waals surface area contributed by atoms with Crippen LogP contribution in [0.15, 0.2) is 58.5 Å². The van der Waals surface area contributed by atoms with Crippen LogP contribution in [0, 0.1) is 0 Å². The van der Waals surface area contributed by atoms with Crippen LogP contribution in [0.4, 0.5) is 0 Å². The smallest absolute Gasteiger partial charge is 0.191 e. The number of hydrogen-bond donors (Lipinski definition) is 2. The van der Waals surface area contributed by atoms with Crippen LogP contribution in [0.1, 0.15) is 11.3 Å². The number of benzene rings is 1. The van der Waals surface area contributed by atoms with Crippen molar-refractivity contribution in [3.63, 3.8) is 0 Å². The molecule has 0 aliphatic rings. The second kappa shape index (κ2) is 11.3. The Morgan fingerprint density at radius 1 is 1.13 bits per heavy atom. The molecule has 2 rings (SSSR count). The van der Waals surface area contributed by atoms with Crippen LogP contribution < -0.4 is 10.6 Å². The molecule has 1 heterocycles. The summed E-state index contributed by atoms with van der Waals surface area (Å²) in [4.78, 5) is 9.83. The number of nitrogens with zero attached hydrogens (tertiary/aromatic N) is 2. The van der Waals surface area contributed by atoms with E-state index >= 15 is 0 Å². The van der Waals surface area contributed by atoms with E-state index in [0.717, 1.165) is 31.2 Å². The molecule has 0 fully saturated rings. The largest absolute Gasteiger partial charge is 0.356 e. The van der Waals surface area contributed by atoms with Gasteiger partial charge in [0.05, 0.1) is 0 Å². The molecule has 0 saturated carbocycles. The molecule has 2 aromatic rings. The molecule has 0 spiro atoms. The lowest BCUT2D eigenvalue weighted by Gasteiger charge is -2.12. The summed E-state index contributed by atoms with van der Waals surface area (Å²) in [5.74, 6) is 0.810. The molecule has 23 heavy (non-hydrogen) atoms. The molecular formula is C17H23IN4S. The Kier molecular flexibility index (Phi) is 9.70. The summed E-state index contributed by atoms with van der Waals surface area (Å²) in [6.07, 6.45) is 4.78. The minimum Gasteiger partial charge on any atom is -0.356 e. The van der Waals surface area contributed by atoms with Gasteiger partial charge < -0.3 is 10.6 Å². The van der Waals surface area contributed by atoms with Gasteiger partial charge in [-0.05, 0) is 36.1 Å². The van der Waals surface area contributed by atoms with E-state index in [9.17, 15) is 0 Å². The van der Waals surface area contributed by atoms with E-state index in [1.165, 1.54) is 10.5 Å². The number of aliphatic imine (C=N–C) groups is 1. The first kappa shape index (κ1) is 19.8. The molecule has 0 amide bonds. The van der Waals surface area contributed by atoms with Crippen LogP contribution in [-0.4, -0.2) is 30.8 Å². The van der Waals surface area contributed by atoms with E-state index in [1.807, 2.05) is 24.4 Å². The number of pyridine rings is 1. The lowest BCUT2D eigenvalue weighted by Crippen LogP contribution is -2.37. The number of aromatic nitrogens is 1. The SMILES string of the molecule is CN=C(NCCc1ccccn1)NCc1ccc(SC)cc1.I. The van der Waals surface area contributed by atoms with Crippen molar-refractivity contribution in [3.8, 4) is 0 Å². The molecule has 0 saturated heterocycles. The molecule has 1 aromatic heterocycles. The van der Waals surface area contributed by atoms with Gasteiger partial charge >= 0.3 is 0 Å². The summed E-state index contributed by atoms with van der Waals surface area (Å²) in [6, 6.07) is 14.5. The lowest BCUT2D eigenvalue weighted by atomic mass is 10.2. The summed E-state index contributed by atoms with van der Waals surface area (Å²) in [5, 5.41) is 6.63. The van der Waals surface area contributed by atoms with Crippen LogP contribution >= 0.6 is 35.7 Å². The van der Waals surface area contributed by atoms with Gasteiger partial charge in [-0.3, -0.25) is 9.98 Å². The maximum atomic E-state index is 4.31. The van der Waals surface area contributed by atoms with E-state index in [1.54, 1.807) is 18.8 Å².